The summed E-state index contributed by atoms with van der Waals surface area (Å²) in [4.78, 5) is 2.33. The molecule has 1 N–H and O–H groups in total. The predicted molar refractivity (Wildman–Crippen MR) is 93.5 cm³/mol. The van der Waals surface area contributed by atoms with Crippen LogP contribution in [0.3, 0.4) is 0 Å². The maximum Gasteiger partial charge on any atom is 0.0750 e. The van der Waals surface area contributed by atoms with Gasteiger partial charge in [0.1, 0.15) is 0 Å². The van der Waals surface area contributed by atoms with Gasteiger partial charge in [-0.25, -0.2) is 0 Å². The third-order valence-electron chi connectivity index (χ3n) is 4.44. The summed E-state index contributed by atoms with van der Waals surface area (Å²) < 4.78 is 0. The van der Waals surface area contributed by atoms with E-state index < -0.39 is 0 Å². The number of aliphatic hydroxyl groups excluding tert-OH is 1. The van der Waals surface area contributed by atoms with Crippen LogP contribution in [0.1, 0.15) is 30.4 Å². The first kappa shape index (κ1) is 13.9. The summed E-state index contributed by atoms with van der Waals surface area (Å²) >= 11 is 1.71. The number of benzene rings is 2. The molecular weight excluding hydrogens is 288 g/mol. The van der Waals surface area contributed by atoms with Gasteiger partial charge in [0.2, 0.25) is 0 Å². The van der Waals surface area contributed by atoms with Crippen molar-refractivity contribution in [2.75, 3.05) is 6.61 Å². The Labute approximate surface area is 135 Å². The van der Waals surface area contributed by atoms with Crippen molar-refractivity contribution in [1.29, 1.82) is 0 Å². The van der Waals surface area contributed by atoms with Crippen LogP contribution in [0.15, 0.2) is 70.0 Å². The molecular formula is C20H18OS. The van der Waals surface area contributed by atoms with Gasteiger partial charge in [-0.1, -0.05) is 65.9 Å². The quantitative estimate of drug-likeness (QED) is 0.829. The zero-order valence-corrected chi connectivity index (χ0v) is 13.2. The summed E-state index contributed by atoms with van der Waals surface area (Å²) in [5.74, 6) is 0. The van der Waals surface area contributed by atoms with Gasteiger partial charge in [-0.05, 0) is 42.0 Å². The summed E-state index contributed by atoms with van der Waals surface area (Å²) in [6.07, 6.45) is 3.65. The van der Waals surface area contributed by atoms with E-state index in [1.165, 1.54) is 52.0 Å². The van der Waals surface area contributed by atoms with Gasteiger partial charge in [0, 0.05) is 15.4 Å². The highest BCUT2D eigenvalue weighted by atomic mass is 32.2. The zero-order chi connectivity index (χ0) is 14.9. The summed E-state index contributed by atoms with van der Waals surface area (Å²) in [6, 6.07) is 19.1. The van der Waals surface area contributed by atoms with Crippen LogP contribution < -0.4 is 0 Å². The highest BCUT2D eigenvalue weighted by molar-refractivity contribution is 8.03. The van der Waals surface area contributed by atoms with E-state index in [4.69, 9.17) is 0 Å². The summed E-state index contributed by atoms with van der Waals surface area (Å²) in [5, 5.41) is 9.94. The van der Waals surface area contributed by atoms with Crippen LogP contribution in [-0.4, -0.2) is 11.7 Å². The number of aliphatic hydroxyl groups is 1. The minimum atomic E-state index is 0.0972. The second kappa shape index (κ2) is 5.79. The van der Waals surface area contributed by atoms with E-state index in [9.17, 15) is 5.11 Å². The number of allylic oxidation sites excluding steroid dienone is 3. The highest BCUT2D eigenvalue weighted by Crippen LogP contribution is 2.51. The average Bonchev–Trinajstić information content (AvgIpc) is 2.53. The Bertz CT molecular complexity index is 765. The van der Waals surface area contributed by atoms with Crippen molar-refractivity contribution in [3.63, 3.8) is 0 Å². The topological polar surface area (TPSA) is 20.2 Å². The Balaban J connectivity index is 1.98. The van der Waals surface area contributed by atoms with Gasteiger partial charge in [0.25, 0.3) is 0 Å². The highest BCUT2D eigenvalue weighted by Gasteiger charge is 2.28. The molecule has 2 aromatic rings. The first-order valence-electron chi connectivity index (χ1n) is 7.77. The lowest BCUT2D eigenvalue weighted by atomic mass is 9.80. The number of hydrogen-bond donors (Lipinski definition) is 1. The van der Waals surface area contributed by atoms with Crippen molar-refractivity contribution in [3.05, 3.63) is 76.2 Å². The lowest BCUT2D eigenvalue weighted by molar-refractivity contribution is 0.340. The molecule has 2 heteroatoms. The standard InChI is InChI=1S/C20H18OS/c21-13-18-20(15-7-2-1-3-8-15)19(14-9-6-10-14)16-11-4-5-12-17(16)22-18/h1-5,7-8,11-12,21H,6,9-10,13H2. The number of hydrogen-bond acceptors (Lipinski definition) is 2. The van der Waals surface area contributed by atoms with Gasteiger partial charge < -0.3 is 5.11 Å². The van der Waals surface area contributed by atoms with Crippen molar-refractivity contribution in [2.24, 2.45) is 0 Å². The molecule has 0 unspecified atom stereocenters. The normalized spacial score (nSPS) is 17.3. The van der Waals surface area contributed by atoms with E-state index in [-0.39, 0.29) is 6.61 Å². The van der Waals surface area contributed by atoms with E-state index in [0.717, 1.165) is 4.91 Å². The van der Waals surface area contributed by atoms with E-state index in [0.29, 0.717) is 0 Å². The fourth-order valence-corrected chi connectivity index (χ4v) is 4.29. The molecule has 0 atom stereocenters. The molecule has 2 aromatic carbocycles. The van der Waals surface area contributed by atoms with Crippen molar-refractivity contribution in [2.45, 2.75) is 24.2 Å². The van der Waals surface area contributed by atoms with E-state index in [1.54, 1.807) is 11.8 Å². The maximum absolute atomic E-state index is 9.94. The first-order chi connectivity index (χ1) is 10.9. The molecule has 1 aliphatic heterocycles. The fourth-order valence-electron chi connectivity index (χ4n) is 3.21. The second-order valence-corrected chi connectivity index (χ2v) is 6.89. The van der Waals surface area contributed by atoms with Gasteiger partial charge >= 0.3 is 0 Å². The Morgan fingerprint density at radius 2 is 1.59 bits per heavy atom. The third kappa shape index (κ3) is 2.23. The minimum Gasteiger partial charge on any atom is -0.391 e. The molecule has 0 radical (unpaired) electrons. The first-order valence-corrected chi connectivity index (χ1v) is 8.59. The van der Waals surface area contributed by atoms with Gasteiger partial charge in [-0.3, -0.25) is 0 Å². The molecule has 1 nitrogen and oxygen atoms in total. The molecule has 0 saturated heterocycles. The number of thioether (sulfide) groups is 1. The van der Waals surface area contributed by atoms with Gasteiger partial charge in [0.05, 0.1) is 6.61 Å². The van der Waals surface area contributed by atoms with Crippen LogP contribution in [0.2, 0.25) is 0 Å². The SMILES string of the molecule is OCC1=C(c2ccccc2)C(=C2CCC2)c2ccccc2S1. The van der Waals surface area contributed by atoms with E-state index in [1.807, 2.05) is 6.07 Å². The molecule has 1 fully saturated rings. The summed E-state index contributed by atoms with van der Waals surface area (Å²) in [5.41, 5.74) is 6.69. The Morgan fingerprint density at radius 3 is 2.27 bits per heavy atom. The molecule has 0 aromatic heterocycles. The van der Waals surface area contributed by atoms with Crippen LogP contribution in [-0.2, 0) is 0 Å². The number of fused-ring (bicyclic) bond motifs is 1. The van der Waals surface area contributed by atoms with Crippen molar-refractivity contribution in [3.8, 4) is 0 Å². The molecule has 1 aliphatic carbocycles. The zero-order valence-electron chi connectivity index (χ0n) is 12.4. The van der Waals surface area contributed by atoms with Gasteiger partial charge in [0.15, 0.2) is 0 Å². The monoisotopic (exact) mass is 306 g/mol. The minimum absolute atomic E-state index is 0.0972. The third-order valence-corrected chi connectivity index (χ3v) is 5.59. The van der Waals surface area contributed by atoms with Crippen LogP contribution in [0.5, 0.6) is 0 Å². The average molecular weight is 306 g/mol. The maximum atomic E-state index is 9.94. The van der Waals surface area contributed by atoms with E-state index in [2.05, 4.69) is 48.5 Å². The molecule has 2 aliphatic rings. The largest absolute Gasteiger partial charge is 0.391 e. The molecule has 0 amide bonds. The molecule has 0 bridgehead atoms. The molecule has 22 heavy (non-hydrogen) atoms. The van der Waals surface area contributed by atoms with Crippen molar-refractivity contribution in [1.82, 2.24) is 0 Å². The molecule has 4 rings (SSSR count). The lowest BCUT2D eigenvalue weighted by Crippen LogP contribution is -2.09. The van der Waals surface area contributed by atoms with Crippen LogP contribution in [0, 0.1) is 0 Å². The van der Waals surface area contributed by atoms with E-state index >= 15 is 0 Å². The van der Waals surface area contributed by atoms with Crippen molar-refractivity contribution < 1.29 is 5.11 Å². The van der Waals surface area contributed by atoms with Gasteiger partial charge in [-0.15, -0.1) is 0 Å². The van der Waals surface area contributed by atoms with Crippen molar-refractivity contribution >= 4 is 22.9 Å². The fraction of sp³-hybridized carbons (Fsp3) is 0.200. The Morgan fingerprint density at radius 1 is 0.864 bits per heavy atom. The summed E-state index contributed by atoms with van der Waals surface area (Å²) in [7, 11) is 0. The van der Waals surface area contributed by atoms with Gasteiger partial charge in [-0.2, -0.15) is 0 Å². The molecule has 110 valence electrons. The van der Waals surface area contributed by atoms with Crippen LogP contribution >= 0.6 is 11.8 Å². The van der Waals surface area contributed by atoms with Crippen LogP contribution in [0.25, 0.3) is 11.1 Å². The molecule has 0 spiro atoms. The molecule has 1 heterocycles. The summed E-state index contributed by atoms with van der Waals surface area (Å²) in [6.45, 7) is 0.0972. The van der Waals surface area contributed by atoms with Crippen LogP contribution in [0.4, 0.5) is 0 Å². The molecule has 1 saturated carbocycles. The predicted octanol–water partition coefficient (Wildman–Crippen LogP) is 5.13. The lowest BCUT2D eigenvalue weighted by Gasteiger charge is -2.30. The Hall–Kier alpha value is -1.77. The number of rotatable bonds is 2. The smallest absolute Gasteiger partial charge is 0.0750 e. The second-order valence-electron chi connectivity index (χ2n) is 5.75. The Kier molecular flexibility index (Phi) is 3.65.